The summed E-state index contributed by atoms with van der Waals surface area (Å²) >= 11 is 0. The highest BCUT2D eigenvalue weighted by molar-refractivity contribution is 5.93. The third kappa shape index (κ3) is 3.11. The van der Waals surface area contributed by atoms with E-state index < -0.39 is 12.1 Å². The van der Waals surface area contributed by atoms with Crippen LogP contribution in [0, 0.1) is 6.92 Å². The summed E-state index contributed by atoms with van der Waals surface area (Å²) in [4.78, 5) is 25.1. The predicted octanol–water partition coefficient (Wildman–Crippen LogP) is 1.29. The number of nitrogens with zero attached hydrogens (tertiary/aromatic N) is 2. The van der Waals surface area contributed by atoms with Crippen LogP contribution < -0.4 is 0 Å². The SMILES string of the molecule is Cc1ccc(-c2cc(C(=O)N3CC(C(=O)O)O[C@H](C)C3)n[nH]2)o1. The van der Waals surface area contributed by atoms with Crippen molar-refractivity contribution in [2.45, 2.75) is 26.1 Å². The fourth-order valence-electron chi connectivity index (χ4n) is 2.55. The number of ether oxygens (including phenoxy) is 1. The molecule has 2 atom stereocenters. The summed E-state index contributed by atoms with van der Waals surface area (Å²) in [5.74, 6) is -0.0677. The van der Waals surface area contributed by atoms with Crippen molar-refractivity contribution in [2.75, 3.05) is 13.1 Å². The van der Waals surface area contributed by atoms with Crippen molar-refractivity contribution in [1.29, 1.82) is 0 Å². The number of amides is 1. The van der Waals surface area contributed by atoms with Crippen LogP contribution in [0.3, 0.4) is 0 Å². The Morgan fingerprint density at radius 2 is 2.17 bits per heavy atom. The van der Waals surface area contributed by atoms with Gasteiger partial charge >= 0.3 is 5.97 Å². The number of carbonyl (C=O) groups excluding carboxylic acids is 1. The Bertz CT molecular complexity index is 735. The number of morpholine rings is 1. The number of furan rings is 1. The molecular formula is C15H17N3O5. The maximum absolute atomic E-state index is 12.5. The zero-order valence-electron chi connectivity index (χ0n) is 12.8. The lowest BCUT2D eigenvalue weighted by atomic mass is 10.2. The van der Waals surface area contributed by atoms with Crippen molar-refractivity contribution in [3.05, 3.63) is 29.7 Å². The van der Waals surface area contributed by atoms with Crippen molar-refractivity contribution in [2.24, 2.45) is 0 Å². The topological polar surface area (TPSA) is 109 Å². The standard InChI is InChI=1S/C15H17N3O5/c1-8-3-4-12(22-8)10-5-11(17-16-10)14(19)18-6-9(2)23-13(7-18)15(20)21/h3-5,9,13H,6-7H2,1-2H3,(H,16,17)(H,20,21)/t9-,13?/m1/s1. The molecule has 1 fully saturated rings. The molecule has 8 nitrogen and oxygen atoms in total. The number of carboxylic acid groups (broad SMARTS) is 1. The highest BCUT2D eigenvalue weighted by atomic mass is 16.5. The van der Waals surface area contributed by atoms with Crippen LogP contribution in [-0.4, -0.2) is 57.4 Å². The number of aromatic nitrogens is 2. The fourth-order valence-corrected chi connectivity index (χ4v) is 2.55. The van der Waals surface area contributed by atoms with Crippen LogP contribution in [-0.2, 0) is 9.53 Å². The van der Waals surface area contributed by atoms with Crippen LogP contribution in [0.4, 0.5) is 0 Å². The maximum Gasteiger partial charge on any atom is 0.334 e. The molecule has 122 valence electrons. The Kier molecular flexibility index (Phi) is 3.91. The zero-order valence-corrected chi connectivity index (χ0v) is 12.8. The summed E-state index contributed by atoms with van der Waals surface area (Å²) in [6.07, 6.45) is -1.37. The van der Waals surface area contributed by atoms with Gasteiger partial charge in [-0.3, -0.25) is 9.89 Å². The van der Waals surface area contributed by atoms with Gasteiger partial charge in [0.05, 0.1) is 12.6 Å². The Morgan fingerprint density at radius 3 is 2.83 bits per heavy atom. The average Bonchev–Trinajstić information content (AvgIpc) is 3.14. The van der Waals surface area contributed by atoms with Gasteiger partial charge in [-0.1, -0.05) is 0 Å². The molecule has 1 saturated heterocycles. The molecule has 2 N–H and O–H groups in total. The van der Waals surface area contributed by atoms with Crippen molar-refractivity contribution in [3.63, 3.8) is 0 Å². The van der Waals surface area contributed by atoms with Crippen LogP contribution >= 0.6 is 0 Å². The van der Waals surface area contributed by atoms with Gasteiger partial charge in [-0.2, -0.15) is 5.10 Å². The van der Waals surface area contributed by atoms with Gasteiger partial charge in [0.1, 0.15) is 11.5 Å². The number of carboxylic acids is 1. The number of aryl methyl sites for hydroxylation is 1. The summed E-state index contributed by atoms with van der Waals surface area (Å²) in [5, 5.41) is 15.9. The van der Waals surface area contributed by atoms with Gasteiger partial charge in [-0.15, -0.1) is 0 Å². The minimum atomic E-state index is -1.08. The quantitative estimate of drug-likeness (QED) is 0.882. The molecule has 0 aromatic carbocycles. The van der Waals surface area contributed by atoms with Gasteiger partial charge in [0.15, 0.2) is 17.6 Å². The van der Waals surface area contributed by atoms with Crippen LogP contribution in [0.25, 0.3) is 11.5 Å². The summed E-state index contributed by atoms with van der Waals surface area (Å²) in [5.41, 5.74) is 0.810. The molecule has 0 saturated carbocycles. The molecule has 1 amide bonds. The number of H-pyrrole nitrogens is 1. The van der Waals surface area contributed by atoms with E-state index in [0.29, 0.717) is 18.0 Å². The second-order valence-corrected chi connectivity index (χ2v) is 5.56. The van der Waals surface area contributed by atoms with Crippen molar-refractivity contribution < 1.29 is 23.8 Å². The molecule has 0 spiro atoms. The summed E-state index contributed by atoms with van der Waals surface area (Å²) in [7, 11) is 0. The normalized spacial score (nSPS) is 21.4. The van der Waals surface area contributed by atoms with Crippen molar-refractivity contribution in [1.82, 2.24) is 15.1 Å². The smallest absolute Gasteiger partial charge is 0.334 e. The Hall–Kier alpha value is -2.61. The lowest BCUT2D eigenvalue weighted by Crippen LogP contribution is -2.51. The fraction of sp³-hybridized carbons (Fsp3) is 0.400. The van der Waals surface area contributed by atoms with E-state index in [0.717, 1.165) is 5.76 Å². The molecule has 2 aromatic rings. The molecule has 23 heavy (non-hydrogen) atoms. The molecule has 0 radical (unpaired) electrons. The first-order chi connectivity index (χ1) is 10.9. The molecule has 3 rings (SSSR count). The van der Waals surface area contributed by atoms with Gasteiger partial charge in [-0.25, -0.2) is 4.79 Å². The van der Waals surface area contributed by atoms with E-state index >= 15 is 0 Å². The van der Waals surface area contributed by atoms with E-state index in [1.54, 1.807) is 19.1 Å². The largest absolute Gasteiger partial charge is 0.479 e. The van der Waals surface area contributed by atoms with Gasteiger partial charge in [-0.05, 0) is 26.0 Å². The van der Waals surface area contributed by atoms with E-state index in [4.69, 9.17) is 14.3 Å². The van der Waals surface area contributed by atoms with Crippen LogP contribution in [0.5, 0.6) is 0 Å². The summed E-state index contributed by atoms with van der Waals surface area (Å²) in [6, 6.07) is 5.20. The highest BCUT2D eigenvalue weighted by Crippen LogP contribution is 2.21. The number of nitrogens with one attached hydrogen (secondary N) is 1. The number of aliphatic carboxylic acids is 1. The van der Waals surface area contributed by atoms with Crippen LogP contribution in [0.2, 0.25) is 0 Å². The van der Waals surface area contributed by atoms with E-state index in [1.807, 2.05) is 13.0 Å². The second kappa shape index (κ2) is 5.88. The molecule has 2 aromatic heterocycles. The number of carbonyl (C=O) groups is 2. The van der Waals surface area contributed by atoms with Gasteiger partial charge in [0, 0.05) is 12.6 Å². The molecular weight excluding hydrogens is 302 g/mol. The number of hydrogen-bond donors (Lipinski definition) is 2. The molecule has 8 heteroatoms. The lowest BCUT2D eigenvalue weighted by Gasteiger charge is -2.34. The van der Waals surface area contributed by atoms with Crippen LogP contribution in [0.15, 0.2) is 22.6 Å². The average molecular weight is 319 g/mol. The predicted molar refractivity (Wildman–Crippen MR) is 78.9 cm³/mol. The molecule has 0 aliphatic carbocycles. The summed E-state index contributed by atoms with van der Waals surface area (Å²) < 4.78 is 10.8. The third-order valence-electron chi connectivity index (χ3n) is 3.63. The van der Waals surface area contributed by atoms with Gasteiger partial charge in [0.2, 0.25) is 0 Å². The first-order valence-electron chi connectivity index (χ1n) is 7.24. The minimum Gasteiger partial charge on any atom is -0.479 e. The molecule has 1 aliphatic heterocycles. The lowest BCUT2D eigenvalue weighted by molar-refractivity contribution is -0.160. The Labute approximate surface area is 132 Å². The number of rotatable bonds is 3. The van der Waals surface area contributed by atoms with Crippen LogP contribution in [0.1, 0.15) is 23.2 Å². The second-order valence-electron chi connectivity index (χ2n) is 5.56. The number of hydrogen-bond acceptors (Lipinski definition) is 5. The van der Waals surface area contributed by atoms with E-state index in [2.05, 4.69) is 10.2 Å². The molecule has 3 heterocycles. The molecule has 1 unspecified atom stereocenters. The van der Waals surface area contributed by atoms with E-state index in [9.17, 15) is 9.59 Å². The molecule has 1 aliphatic rings. The Morgan fingerprint density at radius 1 is 1.39 bits per heavy atom. The monoisotopic (exact) mass is 319 g/mol. The van der Waals surface area contributed by atoms with Gasteiger partial charge in [0.25, 0.3) is 5.91 Å². The first kappa shape index (κ1) is 15.3. The first-order valence-corrected chi connectivity index (χ1v) is 7.24. The minimum absolute atomic E-state index is 0.000556. The van der Waals surface area contributed by atoms with E-state index in [1.165, 1.54) is 4.90 Å². The maximum atomic E-state index is 12.5. The third-order valence-corrected chi connectivity index (χ3v) is 3.63. The van der Waals surface area contributed by atoms with E-state index in [-0.39, 0.29) is 24.2 Å². The van der Waals surface area contributed by atoms with Gasteiger partial charge < -0.3 is 19.2 Å². The highest BCUT2D eigenvalue weighted by Gasteiger charge is 2.33. The number of aromatic amines is 1. The summed E-state index contributed by atoms with van der Waals surface area (Å²) in [6.45, 7) is 3.88. The molecule has 0 bridgehead atoms. The van der Waals surface area contributed by atoms with Crippen molar-refractivity contribution in [3.8, 4) is 11.5 Å². The Balaban J connectivity index is 1.77. The zero-order chi connectivity index (χ0) is 16.6. The van der Waals surface area contributed by atoms with Crippen molar-refractivity contribution >= 4 is 11.9 Å².